The van der Waals surface area contributed by atoms with E-state index in [1.54, 1.807) is 20.3 Å². The van der Waals surface area contributed by atoms with E-state index in [1.807, 2.05) is 24.3 Å². The first-order chi connectivity index (χ1) is 14.9. The molecule has 0 unspecified atom stereocenters. The molecule has 0 radical (unpaired) electrons. The molecule has 0 N–H and O–H groups in total. The number of allylic oxidation sites excluding steroid dienone is 1. The van der Waals surface area contributed by atoms with Crippen LogP contribution in [0.2, 0.25) is 0 Å². The Bertz CT molecular complexity index is 789. The Labute approximate surface area is 186 Å². The van der Waals surface area contributed by atoms with Crippen LogP contribution in [0.4, 0.5) is 0 Å². The van der Waals surface area contributed by atoms with Crippen LogP contribution >= 0.6 is 0 Å². The third-order valence-corrected chi connectivity index (χ3v) is 6.40. The van der Waals surface area contributed by atoms with Gasteiger partial charge in [0.25, 0.3) is 0 Å². The summed E-state index contributed by atoms with van der Waals surface area (Å²) in [6.07, 6.45) is 8.89. The Balaban J connectivity index is 1.66. The fourth-order valence-electron chi connectivity index (χ4n) is 4.56. The zero-order valence-corrected chi connectivity index (χ0v) is 19.4. The zero-order valence-electron chi connectivity index (χ0n) is 19.4. The molecule has 1 saturated carbocycles. The van der Waals surface area contributed by atoms with Crippen molar-refractivity contribution in [1.29, 1.82) is 0 Å². The second-order valence-corrected chi connectivity index (χ2v) is 9.07. The smallest absolute Gasteiger partial charge is 0.331 e. The van der Waals surface area contributed by atoms with Crippen molar-refractivity contribution in [3.63, 3.8) is 0 Å². The molecule has 1 aliphatic heterocycles. The number of carbonyl (C=O) groups excluding carboxylic acids is 1. The van der Waals surface area contributed by atoms with Crippen LogP contribution in [-0.4, -0.2) is 44.6 Å². The molecule has 1 aromatic carbocycles. The van der Waals surface area contributed by atoms with E-state index in [0.717, 1.165) is 43.6 Å². The van der Waals surface area contributed by atoms with Crippen LogP contribution in [0, 0.1) is 11.8 Å². The maximum atomic E-state index is 12.5. The van der Waals surface area contributed by atoms with Crippen LogP contribution < -0.4 is 4.74 Å². The quantitative estimate of drug-likeness (QED) is 0.234. The highest BCUT2D eigenvalue weighted by molar-refractivity contribution is 5.87. The predicted molar refractivity (Wildman–Crippen MR) is 122 cm³/mol. The Hall–Kier alpha value is -2.11. The average Bonchev–Trinajstić information content (AvgIpc) is 3.53. The summed E-state index contributed by atoms with van der Waals surface area (Å²) in [5, 5.41) is 0. The lowest BCUT2D eigenvalue weighted by Crippen LogP contribution is -2.50. The highest BCUT2D eigenvalue weighted by Crippen LogP contribution is 2.50. The largest absolute Gasteiger partial charge is 0.497 e. The van der Waals surface area contributed by atoms with Gasteiger partial charge < -0.3 is 18.9 Å². The van der Waals surface area contributed by atoms with E-state index in [0.29, 0.717) is 5.92 Å². The van der Waals surface area contributed by atoms with E-state index >= 15 is 0 Å². The topological polar surface area (TPSA) is 57.3 Å². The Morgan fingerprint density at radius 2 is 1.97 bits per heavy atom. The van der Waals surface area contributed by atoms with Crippen molar-refractivity contribution < 1.29 is 23.7 Å². The monoisotopic (exact) mass is 428 g/mol. The lowest BCUT2D eigenvalue weighted by atomic mass is 9.72. The number of epoxide rings is 1. The molecule has 170 valence electrons. The summed E-state index contributed by atoms with van der Waals surface area (Å²) < 4.78 is 22.8. The van der Waals surface area contributed by atoms with Gasteiger partial charge >= 0.3 is 5.97 Å². The van der Waals surface area contributed by atoms with Gasteiger partial charge in [-0.3, -0.25) is 0 Å². The van der Waals surface area contributed by atoms with E-state index in [4.69, 9.17) is 18.9 Å². The average molecular weight is 429 g/mol. The molecule has 2 aliphatic rings. The summed E-state index contributed by atoms with van der Waals surface area (Å²) in [4.78, 5) is 12.5. The number of ether oxygens (including phenoxy) is 4. The molecule has 5 heteroatoms. The van der Waals surface area contributed by atoms with Gasteiger partial charge in [-0.2, -0.15) is 0 Å². The number of benzene rings is 1. The number of methoxy groups -OCH3 is 2. The summed E-state index contributed by atoms with van der Waals surface area (Å²) >= 11 is 0. The molecule has 3 rings (SSSR count). The number of esters is 1. The third-order valence-electron chi connectivity index (χ3n) is 6.40. The van der Waals surface area contributed by atoms with Gasteiger partial charge in [0.15, 0.2) is 0 Å². The van der Waals surface area contributed by atoms with Gasteiger partial charge in [-0.15, -0.1) is 0 Å². The van der Waals surface area contributed by atoms with Gasteiger partial charge in [-0.05, 0) is 62.3 Å². The van der Waals surface area contributed by atoms with Gasteiger partial charge in [0, 0.05) is 19.1 Å². The van der Waals surface area contributed by atoms with Crippen molar-refractivity contribution in [2.24, 2.45) is 11.8 Å². The molecular formula is C26H36O5. The molecular weight excluding hydrogens is 392 g/mol. The Morgan fingerprint density at radius 1 is 1.26 bits per heavy atom. The number of hydrogen-bond donors (Lipinski definition) is 0. The highest BCUT2D eigenvalue weighted by Gasteiger charge is 2.59. The van der Waals surface area contributed by atoms with Crippen molar-refractivity contribution in [2.45, 2.75) is 64.3 Å². The van der Waals surface area contributed by atoms with Crippen LogP contribution in [0.3, 0.4) is 0 Å². The Kier molecular flexibility index (Phi) is 7.95. The van der Waals surface area contributed by atoms with Gasteiger partial charge in [0.1, 0.15) is 23.6 Å². The molecule has 4 atom stereocenters. The van der Waals surface area contributed by atoms with Crippen molar-refractivity contribution in [3.8, 4) is 5.75 Å². The van der Waals surface area contributed by atoms with Gasteiger partial charge in [0.2, 0.25) is 0 Å². The minimum Gasteiger partial charge on any atom is -0.497 e. The van der Waals surface area contributed by atoms with E-state index in [1.165, 1.54) is 11.6 Å². The fourth-order valence-corrected chi connectivity index (χ4v) is 4.56. The molecule has 0 aromatic heterocycles. The van der Waals surface area contributed by atoms with Crippen LogP contribution in [-0.2, 0) is 19.0 Å². The first kappa shape index (κ1) is 23.6. The van der Waals surface area contributed by atoms with Crippen molar-refractivity contribution in [3.05, 3.63) is 47.6 Å². The van der Waals surface area contributed by atoms with Gasteiger partial charge in [0.05, 0.1) is 13.7 Å². The number of hydrogen-bond acceptors (Lipinski definition) is 5. The molecule has 31 heavy (non-hydrogen) atoms. The summed E-state index contributed by atoms with van der Waals surface area (Å²) in [6, 6.07) is 7.52. The van der Waals surface area contributed by atoms with Gasteiger partial charge in [-0.25, -0.2) is 4.79 Å². The standard InChI is InChI=1S/C26H36O5/c1-18(2)7-6-8-19(3)24-25(29-5)22(15-16-26(24)17-30-26)31-23(27)14-11-20-9-12-21(28-4)13-10-20/h8-14,18,22,24-25H,6-7,15-17H2,1-5H3/t22-,24+,25-,26+/m1/s1. The summed E-state index contributed by atoms with van der Waals surface area (Å²) in [6.45, 7) is 7.39. The highest BCUT2D eigenvalue weighted by atomic mass is 16.6. The molecule has 0 amide bonds. The maximum Gasteiger partial charge on any atom is 0.331 e. The zero-order chi connectivity index (χ0) is 22.4. The van der Waals surface area contributed by atoms with Crippen molar-refractivity contribution in [1.82, 2.24) is 0 Å². The second-order valence-electron chi connectivity index (χ2n) is 9.07. The summed E-state index contributed by atoms with van der Waals surface area (Å²) in [5.74, 6) is 1.22. The van der Waals surface area contributed by atoms with E-state index in [-0.39, 0.29) is 29.7 Å². The van der Waals surface area contributed by atoms with Crippen molar-refractivity contribution >= 4 is 12.0 Å². The Morgan fingerprint density at radius 3 is 2.55 bits per heavy atom. The first-order valence-electron chi connectivity index (χ1n) is 11.2. The summed E-state index contributed by atoms with van der Waals surface area (Å²) in [5.41, 5.74) is 2.04. The van der Waals surface area contributed by atoms with Crippen LogP contribution in [0.5, 0.6) is 5.75 Å². The van der Waals surface area contributed by atoms with Gasteiger partial charge in [-0.1, -0.05) is 37.6 Å². The number of carbonyl (C=O) groups is 1. The molecule has 1 aliphatic carbocycles. The maximum absolute atomic E-state index is 12.5. The normalized spacial score (nSPS) is 28.3. The van der Waals surface area contributed by atoms with Crippen LogP contribution in [0.1, 0.15) is 52.0 Å². The minimum absolute atomic E-state index is 0.113. The van der Waals surface area contributed by atoms with E-state index in [2.05, 4.69) is 26.8 Å². The molecule has 1 heterocycles. The molecule has 5 nitrogen and oxygen atoms in total. The lowest BCUT2D eigenvalue weighted by Gasteiger charge is -2.41. The van der Waals surface area contributed by atoms with E-state index < -0.39 is 0 Å². The first-order valence-corrected chi connectivity index (χ1v) is 11.2. The molecule has 1 spiro atoms. The fraction of sp³-hybridized carbons (Fsp3) is 0.577. The molecule has 1 saturated heterocycles. The SMILES string of the molecule is COc1ccc(C=CC(=O)O[C@@H]2CC[C@]3(CO3)[C@@H](C(C)=CCCC(C)C)[C@@H]2OC)cc1. The molecule has 2 fully saturated rings. The predicted octanol–water partition coefficient (Wildman–Crippen LogP) is 5.20. The lowest BCUT2D eigenvalue weighted by molar-refractivity contribution is -0.159. The summed E-state index contributed by atoms with van der Waals surface area (Å²) in [7, 11) is 3.33. The molecule has 0 bridgehead atoms. The second kappa shape index (κ2) is 10.5. The van der Waals surface area contributed by atoms with Crippen LogP contribution in [0.15, 0.2) is 42.0 Å². The number of rotatable bonds is 9. The minimum atomic E-state index is -0.351. The van der Waals surface area contributed by atoms with E-state index in [9.17, 15) is 4.79 Å². The molecule has 1 aromatic rings. The van der Waals surface area contributed by atoms with Crippen molar-refractivity contribution in [2.75, 3.05) is 20.8 Å². The third kappa shape index (κ3) is 5.98. The van der Waals surface area contributed by atoms with Crippen LogP contribution in [0.25, 0.3) is 6.08 Å².